The Hall–Kier alpha value is -1.97. The highest BCUT2D eigenvalue weighted by Gasteiger charge is 2.11. The number of pyridine rings is 1. The molecule has 4 nitrogen and oxygen atoms in total. The number of aromatic nitrogens is 3. The maximum absolute atomic E-state index is 12.1. The van der Waals surface area contributed by atoms with E-state index in [1.165, 1.54) is 0 Å². The molecule has 18 heavy (non-hydrogen) atoms. The third-order valence-electron chi connectivity index (χ3n) is 2.83. The van der Waals surface area contributed by atoms with Gasteiger partial charge in [0.25, 0.3) is 0 Å². The number of nitrogens with zero attached hydrogens (tertiary/aromatic N) is 3. The SMILES string of the molecule is CCCn1nccc1C(=O)CCc1ccncc1. The molecule has 2 rings (SSSR count). The minimum atomic E-state index is 0.151. The van der Waals surface area contributed by atoms with Crippen molar-refractivity contribution in [2.45, 2.75) is 32.7 Å². The van der Waals surface area contributed by atoms with Gasteiger partial charge in [-0.3, -0.25) is 14.5 Å². The molecule has 0 aromatic carbocycles. The third kappa shape index (κ3) is 3.03. The Labute approximate surface area is 107 Å². The maximum Gasteiger partial charge on any atom is 0.181 e. The van der Waals surface area contributed by atoms with E-state index >= 15 is 0 Å². The van der Waals surface area contributed by atoms with Gasteiger partial charge in [-0.2, -0.15) is 5.10 Å². The van der Waals surface area contributed by atoms with E-state index in [0.29, 0.717) is 12.1 Å². The van der Waals surface area contributed by atoms with Crippen LogP contribution in [0.15, 0.2) is 36.8 Å². The molecule has 0 amide bonds. The van der Waals surface area contributed by atoms with Crippen LogP contribution in [-0.2, 0) is 13.0 Å². The second kappa shape index (κ2) is 6.10. The van der Waals surface area contributed by atoms with Crippen molar-refractivity contribution in [1.82, 2.24) is 14.8 Å². The normalized spacial score (nSPS) is 10.5. The summed E-state index contributed by atoms with van der Waals surface area (Å²) in [5, 5.41) is 4.17. The summed E-state index contributed by atoms with van der Waals surface area (Å²) < 4.78 is 1.79. The van der Waals surface area contributed by atoms with Crippen LogP contribution in [0.25, 0.3) is 0 Å². The summed E-state index contributed by atoms with van der Waals surface area (Å²) >= 11 is 0. The summed E-state index contributed by atoms with van der Waals surface area (Å²) in [6, 6.07) is 5.68. The van der Waals surface area contributed by atoms with Crippen LogP contribution in [0.4, 0.5) is 0 Å². The van der Waals surface area contributed by atoms with Crippen LogP contribution in [0.1, 0.15) is 35.8 Å². The zero-order valence-corrected chi connectivity index (χ0v) is 10.5. The second-order valence-corrected chi connectivity index (χ2v) is 4.22. The van der Waals surface area contributed by atoms with Gasteiger partial charge in [0, 0.05) is 31.6 Å². The Kier molecular flexibility index (Phi) is 4.23. The first-order valence-electron chi connectivity index (χ1n) is 6.25. The number of carbonyl (C=O) groups excluding carboxylic acids is 1. The fraction of sp³-hybridized carbons (Fsp3) is 0.357. The molecule has 0 saturated heterocycles. The van der Waals surface area contributed by atoms with Crippen LogP contribution in [0.5, 0.6) is 0 Å². The molecule has 4 heteroatoms. The van der Waals surface area contributed by atoms with Crippen LogP contribution < -0.4 is 0 Å². The van der Waals surface area contributed by atoms with Crippen molar-refractivity contribution in [2.24, 2.45) is 0 Å². The van der Waals surface area contributed by atoms with E-state index < -0.39 is 0 Å². The van der Waals surface area contributed by atoms with Crippen LogP contribution in [0.2, 0.25) is 0 Å². The molecule has 0 spiro atoms. The predicted molar refractivity (Wildman–Crippen MR) is 69.4 cm³/mol. The molecule has 0 unspecified atom stereocenters. The summed E-state index contributed by atoms with van der Waals surface area (Å²) in [6.45, 7) is 2.87. The minimum absolute atomic E-state index is 0.151. The Bertz CT molecular complexity index is 505. The lowest BCUT2D eigenvalue weighted by molar-refractivity contribution is 0.0972. The molecule has 0 aliphatic carbocycles. The first-order valence-corrected chi connectivity index (χ1v) is 6.25. The Morgan fingerprint density at radius 3 is 2.72 bits per heavy atom. The fourth-order valence-corrected chi connectivity index (χ4v) is 1.89. The summed E-state index contributed by atoms with van der Waals surface area (Å²) in [6.07, 6.45) is 7.43. The van der Waals surface area contributed by atoms with E-state index in [0.717, 1.165) is 24.9 Å². The van der Waals surface area contributed by atoms with Crippen molar-refractivity contribution < 1.29 is 4.79 Å². The van der Waals surface area contributed by atoms with Gasteiger partial charge in [0.15, 0.2) is 5.78 Å². The highest BCUT2D eigenvalue weighted by atomic mass is 16.1. The van der Waals surface area contributed by atoms with Crippen molar-refractivity contribution in [3.8, 4) is 0 Å². The predicted octanol–water partition coefficient (Wildman–Crippen LogP) is 2.50. The van der Waals surface area contributed by atoms with Gasteiger partial charge in [-0.25, -0.2) is 0 Å². The summed E-state index contributed by atoms with van der Waals surface area (Å²) in [5.41, 5.74) is 1.85. The lowest BCUT2D eigenvalue weighted by Crippen LogP contribution is -2.11. The van der Waals surface area contributed by atoms with Gasteiger partial charge in [0.1, 0.15) is 5.69 Å². The topological polar surface area (TPSA) is 47.8 Å². The van der Waals surface area contributed by atoms with E-state index in [2.05, 4.69) is 17.0 Å². The van der Waals surface area contributed by atoms with Gasteiger partial charge in [-0.15, -0.1) is 0 Å². The number of carbonyl (C=O) groups is 1. The van der Waals surface area contributed by atoms with Crippen molar-refractivity contribution in [3.63, 3.8) is 0 Å². The molecular weight excluding hydrogens is 226 g/mol. The standard InChI is InChI=1S/C14H17N3O/c1-2-11-17-13(7-10-16-17)14(18)4-3-12-5-8-15-9-6-12/h5-10H,2-4,11H2,1H3. The Morgan fingerprint density at radius 1 is 1.22 bits per heavy atom. The number of ketones is 1. The number of rotatable bonds is 6. The Morgan fingerprint density at radius 2 is 2.00 bits per heavy atom. The summed E-state index contributed by atoms with van der Waals surface area (Å²) in [7, 11) is 0. The average molecular weight is 243 g/mol. The van der Waals surface area contributed by atoms with Crippen LogP contribution in [0, 0.1) is 0 Å². The lowest BCUT2D eigenvalue weighted by atomic mass is 10.1. The molecule has 0 atom stereocenters. The fourth-order valence-electron chi connectivity index (χ4n) is 1.89. The van der Waals surface area contributed by atoms with Gasteiger partial charge >= 0.3 is 0 Å². The van der Waals surface area contributed by atoms with Gasteiger partial charge in [-0.05, 0) is 36.6 Å². The zero-order chi connectivity index (χ0) is 12.8. The average Bonchev–Trinajstić information content (AvgIpc) is 2.86. The summed E-state index contributed by atoms with van der Waals surface area (Å²) in [4.78, 5) is 16.1. The molecular formula is C14H17N3O. The van der Waals surface area contributed by atoms with Crippen LogP contribution in [0.3, 0.4) is 0 Å². The Balaban J connectivity index is 1.97. The van der Waals surface area contributed by atoms with Crippen LogP contribution >= 0.6 is 0 Å². The van der Waals surface area contributed by atoms with E-state index in [4.69, 9.17) is 0 Å². The van der Waals surface area contributed by atoms with Gasteiger partial charge in [0.05, 0.1) is 0 Å². The molecule has 0 aliphatic rings. The van der Waals surface area contributed by atoms with Crippen molar-refractivity contribution >= 4 is 5.78 Å². The van der Waals surface area contributed by atoms with Crippen molar-refractivity contribution in [2.75, 3.05) is 0 Å². The molecule has 0 aliphatic heterocycles. The molecule has 0 bridgehead atoms. The first-order chi connectivity index (χ1) is 8.81. The maximum atomic E-state index is 12.1. The molecule has 94 valence electrons. The highest BCUT2D eigenvalue weighted by molar-refractivity contribution is 5.94. The molecule has 0 saturated carbocycles. The second-order valence-electron chi connectivity index (χ2n) is 4.22. The number of hydrogen-bond donors (Lipinski definition) is 0. The largest absolute Gasteiger partial charge is 0.292 e. The third-order valence-corrected chi connectivity index (χ3v) is 2.83. The molecule has 2 heterocycles. The van der Waals surface area contributed by atoms with Crippen molar-refractivity contribution in [3.05, 3.63) is 48.0 Å². The van der Waals surface area contributed by atoms with Gasteiger partial charge in [0.2, 0.25) is 0 Å². The first kappa shape index (κ1) is 12.5. The summed E-state index contributed by atoms with van der Waals surface area (Å²) in [5.74, 6) is 0.151. The molecule has 2 aromatic rings. The number of hydrogen-bond acceptors (Lipinski definition) is 3. The smallest absolute Gasteiger partial charge is 0.181 e. The molecule has 2 aromatic heterocycles. The van der Waals surface area contributed by atoms with E-state index in [-0.39, 0.29) is 5.78 Å². The highest BCUT2D eigenvalue weighted by Crippen LogP contribution is 2.08. The van der Waals surface area contributed by atoms with E-state index in [1.807, 2.05) is 12.1 Å². The van der Waals surface area contributed by atoms with E-state index in [1.54, 1.807) is 29.3 Å². The van der Waals surface area contributed by atoms with Crippen LogP contribution in [-0.4, -0.2) is 20.5 Å². The van der Waals surface area contributed by atoms with Gasteiger partial charge < -0.3 is 0 Å². The number of Topliss-reactive ketones (excluding diaryl/α,β-unsaturated/α-hetero) is 1. The molecule has 0 fully saturated rings. The molecule has 0 radical (unpaired) electrons. The minimum Gasteiger partial charge on any atom is -0.292 e. The number of aryl methyl sites for hydroxylation is 2. The van der Waals surface area contributed by atoms with Crippen molar-refractivity contribution in [1.29, 1.82) is 0 Å². The quantitative estimate of drug-likeness (QED) is 0.732. The monoisotopic (exact) mass is 243 g/mol. The van der Waals surface area contributed by atoms with E-state index in [9.17, 15) is 4.79 Å². The zero-order valence-electron chi connectivity index (χ0n) is 10.5. The van der Waals surface area contributed by atoms with Gasteiger partial charge in [-0.1, -0.05) is 6.92 Å². The lowest BCUT2D eigenvalue weighted by Gasteiger charge is -2.05. The molecule has 0 N–H and O–H groups in total.